The third kappa shape index (κ3) is 2.51. The monoisotopic (exact) mass is 297 g/mol. The van der Waals surface area contributed by atoms with Gasteiger partial charge in [0, 0.05) is 10.9 Å². The highest BCUT2D eigenvalue weighted by atomic mass is 19.1. The topological polar surface area (TPSA) is 72.0 Å². The molecule has 0 fully saturated rings. The van der Waals surface area contributed by atoms with Crippen LogP contribution >= 0.6 is 0 Å². The third-order valence-electron chi connectivity index (χ3n) is 3.64. The second kappa shape index (κ2) is 5.69. The number of hydrogen-bond donors (Lipinski definition) is 2. The van der Waals surface area contributed by atoms with Crippen molar-refractivity contribution < 1.29 is 9.50 Å². The number of aromatic nitrogens is 2. The molecule has 3 aromatic rings. The Morgan fingerprint density at radius 3 is 2.59 bits per heavy atom. The van der Waals surface area contributed by atoms with E-state index in [1.807, 2.05) is 19.1 Å². The summed E-state index contributed by atoms with van der Waals surface area (Å²) in [6, 6.07) is 12.0. The highest BCUT2D eigenvalue weighted by molar-refractivity contribution is 5.96. The minimum absolute atomic E-state index is 0.0911. The molecule has 4 nitrogen and oxygen atoms in total. The van der Waals surface area contributed by atoms with Crippen LogP contribution in [0.25, 0.3) is 22.0 Å². The van der Waals surface area contributed by atoms with Crippen molar-refractivity contribution in [3.63, 3.8) is 0 Å². The average molecular weight is 297 g/mol. The van der Waals surface area contributed by atoms with Gasteiger partial charge < -0.3 is 10.8 Å². The standard InChI is InChI=1S/C17H16FN3O/c1-2-16(22)15-9-14(20-17(19)21-15)12-7-8-13(18)11-6-4-3-5-10(11)12/h3-9,16,22H,2H2,1H3,(H2,19,20,21). The summed E-state index contributed by atoms with van der Waals surface area (Å²) in [6.45, 7) is 1.86. The highest BCUT2D eigenvalue weighted by Crippen LogP contribution is 2.30. The molecule has 5 heteroatoms. The summed E-state index contributed by atoms with van der Waals surface area (Å²) >= 11 is 0. The van der Waals surface area contributed by atoms with Crippen LogP contribution in [0.3, 0.4) is 0 Å². The molecule has 0 aliphatic heterocycles. The van der Waals surface area contributed by atoms with Gasteiger partial charge in [-0.2, -0.15) is 0 Å². The molecule has 112 valence electrons. The van der Waals surface area contributed by atoms with E-state index in [2.05, 4.69) is 9.97 Å². The second-order valence-corrected chi connectivity index (χ2v) is 5.10. The molecule has 3 N–H and O–H groups in total. The van der Waals surface area contributed by atoms with Gasteiger partial charge >= 0.3 is 0 Å². The van der Waals surface area contributed by atoms with E-state index < -0.39 is 6.10 Å². The number of fused-ring (bicyclic) bond motifs is 1. The van der Waals surface area contributed by atoms with Gasteiger partial charge in [0.1, 0.15) is 5.82 Å². The van der Waals surface area contributed by atoms with E-state index >= 15 is 0 Å². The normalized spacial score (nSPS) is 12.5. The van der Waals surface area contributed by atoms with Crippen LogP contribution < -0.4 is 5.73 Å². The summed E-state index contributed by atoms with van der Waals surface area (Å²) < 4.78 is 13.9. The van der Waals surface area contributed by atoms with Crippen molar-refractivity contribution in [2.75, 3.05) is 5.73 Å². The van der Waals surface area contributed by atoms with Gasteiger partial charge in [0.15, 0.2) is 0 Å². The van der Waals surface area contributed by atoms with E-state index in [0.29, 0.717) is 23.2 Å². The summed E-state index contributed by atoms with van der Waals surface area (Å²) in [7, 11) is 0. The zero-order chi connectivity index (χ0) is 15.7. The minimum atomic E-state index is -0.698. The van der Waals surface area contributed by atoms with E-state index in [1.165, 1.54) is 6.07 Å². The van der Waals surface area contributed by atoms with Crippen LogP contribution in [-0.4, -0.2) is 15.1 Å². The van der Waals surface area contributed by atoms with Crippen LogP contribution in [0.5, 0.6) is 0 Å². The van der Waals surface area contributed by atoms with E-state index in [0.717, 1.165) is 10.9 Å². The van der Waals surface area contributed by atoms with Crippen LogP contribution in [0.4, 0.5) is 10.3 Å². The summed E-state index contributed by atoms with van der Waals surface area (Å²) in [4.78, 5) is 8.30. The number of benzene rings is 2. The smallest absolute Gasteiger partial charge is 0.220 e. The molecule has 0 saturated heterocycles. The molecule has 1 aromatic heterocycles. The van der Waals surface area contributed by atoms with Gasteiger partial charge in [0.25, 0.3) is 0 Å². The first kappa shape index (κ1) is 14.4. The fraction of sp³-hybridized carbons (Fsp3) is 0.176. The zero-order valence-electron chi connectivity index (χ0n) is 12.1. The largest absolute Gasteiger partial charge is 0.387 e. The van der Waals surface area contributed by atoms with E-state index in [9.17, 15) is 9.50 Å². The highest BCUT2D eigenvalue weighted by Gasteiger charge is 2.14. The number of aliphatic hydroxyl groups excluding tert-OH is 1. The molecular weight excluding hydrogens is 281 g/mol. The van der Waals surface area contributed by atoms with Crippen molar-refractivity contribution >= 4 is 16.7 Å². The van der Waals surface area contributed by atoms with Gasteiger partial charge in [-0.25, -0.2) is 14.4 Å². The Morgan fingerprint density at radius 2 is 1.86 bits per heavy atom. The Morgan fingerprint density at radius 1 is 1.14 bits per heavy atom. The molecule has 1 atom stereocenters. The Bertz CT molecular complexity index is 835. The molecule has 0 aliphatic carbocycles. The van der Waals surface area contributed by atoms with Crippen molar-refractivity contribution in [3.05, 3.63) is 54.0 Å². The van der Waals surface area contributed by atoms with Crippen LogP contribution in [0.2, 0.25) is 0 Å². The fourth-order valence-electron chi connectivity index (χ4n) is 2.49. The first-order valence-electron chi connectivity index (χ1n) is 7.10. The number of nitrogens with zero attached hydrogens (tertiary/aromatic N) is 2. The first-order chi connectivity index (χ1) is 10.6. The average Bonchev–Trinajstić information content (AvgIpc) is 2.54. The van der Waals surface area contributed by atoms with Crippen molar-refractivity contribution in [1.29, 1.82) is 0 Å². The molecule has 0 amide bonds. The predicted molar refractivity (Wildman–Crippen MR) is 84.6 cm³/mol. The Hall–Kier alpha value is -2.53. The van der Waals surface area contributed by atoms with Crippen LogP contribution in [-0.2, 0) is 0 Å². The molecule has 22 heavy (non-hydrogen) atoms. The molecular formula is C17H16FN3O. The number of rotatable bonds is 3. The van der Waals surface area contributed by atoms with Gasteiger partial charge in [-0.1, -0.05) is 31.2 Å². The maximum atomic E-state index is 13.9. The molecule has 0 saturated carbocycles. The van der Waals surface area contributed by atoms with Crippen molar-refractivity contribution in [2.24, 2.45) is 0 Å². The van der Waals surface area contributed by atoms with Gasteiger partial charge in [-0.3, -0.25) is 0 Å². The predicted octanol–water partition coefficient (Wildman–Crippen LogP) is 3.46. The maximum Gasteiger partial charge on any atom is 0.220 e. The van der Waals surface area contributed by atoms with E-state index in [-0.39, 0.29) is 11.8 Å². The Labute approximate surface area is 127 Å². The van der Waals surface area contributed by atoms with E-state index in [4.69, 9.17) is 5.73 Å². The molecule has 0 radical (unpaired) electrons. The van der Waals surface area contributed by atoms with Crippen LogP contribution in [0, 0.1) is 5.82 Å². The number of aliphatic hydroxyl groups is 1. The summed E-state index contributed by atoms with van der Waals surface area (Å²) in [5, 5.41) is 11.2. The number of halogens is 1. The summed E-state index contributed by atoms with van der Waals surface area (Å²) in [5.41, 5.74) is 7.56. The quantitative estimate of drug-likeness (QED) is 0.776. The number of hydrogen-bond acceptors (Lipinski definition) is 4. The Balaban J connectivity index is 2.24. The van der Waals surface area contributed by atoms with Crippen molar-refractivity contribution in [1.82, 2.24) is 9.97 Å². The van der Waals surface area contributed by atoms with Crippen molar-refractivity contribution in [3.8, 4) is 11.3 Å². The number of nitrogens with two attached hydrogens (primary N) is 1. The molecule has 1 heterocycles. The second-order valence-electron chi connectivity index (χ2n) is 5.10. The lowest BCUT2D eigenvalue weighted by atomic mass is 10.0. The minimum Gasteiger partial charge on any atom is -0.387 e. The number of nitrogen functional groups attached to an aromatic ring is 1. The van der Waals surface area contributed by atoms with E-state index in [1.54, 1.807) is 24.3 Å². The van der Waals surface area contributed by atoms with Gasteiger partial charge in [-0.05, 0) is 30.0 Å². The van der Waals surface area contributed by atoms with Crippen molar-refractivity contribution in [2.45, 2.75) is 19.4 Å². The molecule has 1 unspecified atom stereocenters. The molecule has 0 bridgehead atoms. The molecule has 0 aliphatic rings. The fourth-order valence-corrected chi connectivity index (χ4v) is 2.49. The lowest BCUT2D eigenvalue weighted by molar-refractivity contribution is 0.169. The lowest BCUT2D eigenvalue weighted by Crippen LogP contribution is -2.05. The molecule has 3 rings (SSSR count). The number of anilines is 1. The molecule has 2 aromatic carbocycles. The summed E-state index contributed by atoms with van der Waals surface area (Å²) in [6.07, 6.45) is -0.171. The van der Waals surface area contributed by atoms with Crippen LogP contribution in [0.1, 0.15) is 25.1 Å². The molecule has 0 spiro atoms. The van der Waals surface area contributed by atoms with Gasteiger partial charge in [0.2, 0.25) is 5.95 Å². The third-order valence-corrected chi connectivity index (χ3v) is 3.64. The lowest BCUT2D eigenvalue weighted by Gasteiger charge is -2.12. The SMILES string of the molecule is CCC(O)c1cc(-c2ccc(F)c3ccccc23)nc(N)n1. The zero-order valence-corrected chi connectivity index (χ0v) is 12.1. The summed E-state index contributed by atoms with van der Waals surface area (Å²) in [5.74, 6) is -0.191. The maximum absolute atomic E-state index is 13.9. The Kier molecular flexibility index (Phi) is 3.73. The van der Waals surface area contributed by atoms with Crippen LogP contribution in [0.15, 0.2) is 42.5 Å². The van der Waals surface area contributed by atoms with Gasteiger partial charge in [0.05, 0.1) is 17.5 Å². The van der Waals surface area contributed by atoms with Gasteiger partial charge in [-0.15, -0.1) is 0 Å². The first-order valence-corrected chi connectivity index (χ1v) is 7.10.